The molecule has 0 saturated heterocycles. The van der Waals surface area contributed by atoms with Crippen molar-refractivity contribution in [3.8, 4) is 5.69 Å². The van der Waals surface area contributed by atoms with Gasteiger partial charge in [-0.05, 0) is 38.8 Å². The fourth-order valence-electron chi connectivity index (χ4n) is 2.75. The van der Waals surface area contributed by atoms with Crippen LogP contribution in [0.5, 0.6) is 0 Å². The van der Waals surface area contributed by atoms with E-state index in [1.165, 1.54) is 28.8 Å². The van der Waals surface area contributed by atoms with Crippen LogP contribution in [0.2, 0.25) is 0 Å². The summed E-state index contributed by atoms with van der Waals surface area (Å²) in [6, 6.07) is 5.18. The number of benzene rings is 1. The van der Waals surface area contributed by atoms with Crippen molar-refractivity contribution in [3.63, 3.8) is 0 Å². The minimum atomic E-state index is -1.05. The summed E-state index contributed by atoms with van der Waals surface area (Å²) >= 11 is 0. The Labute approximate surface area is 138 Å². The fourth-order valence-corrected chi connectivity index (χ4v) is 2.75. The standard InChI is InChI=1S/C17H18FN3O3/c1-10-13(9-19-21(10)15-6-4-3-5-14(15)18)16(22)20(12-7-8-12)11(2)17(23)24/h3-6,9,11-12H,7-8H2,1-2H3,(H,23,24). The van der Waals surface area contributed by atoms with Crippen molar-refractivity contribution in [3.05, 3.63) is 47.5 Å². The average Bonchev–Trinajstić information content (AvgIpc) is 3.30. The number of carboxylic acid groups (broad SMARTS) is 1. The molecular weight excluding hydrogens is 313 g/mol. The molecule has 6 nitrogen and oxygen atoms in total. The summed E-state index contributed by atoms with van der Waals surface area (Å²) in [5.41, 5.74) is 1.02. The molecule has 1 aromatic heterocycles. The Hall–Kier alpha value is -2.70. The molecule has 24 heavy (non-hydrogen) atoms. The molecule has 1 aromatic carbocycles. The smallest absolute Gasteiger partial charge is 0.326 e. The second kappa shape index (κ2) is 6.07. The summed E-state index contributed by atoms with van der Waals surface area (Å²) in [5.74, 6) is -1.87. The lowest BCUT2D eigenvalue weighted by molar-refractivity contribution is -0.141. The fraction of sp³-hybridized carbons (Fsp3) is 0.353. The molecule has 1 aliphatic carbocycles. The predicted octanol–water partition coefficient (Wildman–Crippen LogP) is 2.40. The van der Waals surface area contributed by atoms with Crippen molar-refractivity contribution in [2.24, 2.45) is 0 Å². The number of para-hydroxylation sites is 1. The monoisotopic (exact) mass is 331 g/mol. The first kappa shape index (κ1) is 16.2. The van der Waals surface area contributed by atoms with E-state index in [0.717, 1.165) is 12.8 Å². The van der Waals surface area contributed by atoms with Crippen LogP contribution in [0.3, 0.4) is 0 Å². The van der Waals surface area contributed by atoms with Crippen LogP contribution in [0.1, 0.15) is 35.8 Å². The molecule has 1 saturated carbocycles. The maximum atomic E-state index is 14.0. The van der Waals surface area contributed by atoms with Crippen LogP contribution in [-0.2, 0) is 4.79 Å². The highest BCUT2D eigenvalue weighted by Crippen LogP contribution is 2.31. The zero-order chi connectivity index (χ0) is 17.4. The molecule has 0 aliphatic heterocycles. The van der Waals surface area contributed by atoms with Crippen molar-refractivity contribution in [2.45, 2.75) is 38.8 Å². The Kier molecular flexibility index (Phi) is 4.09. The molecular formula is C17H18FN3O3. The van der Waals surface area contributed by atoms with Gasteiger partial charge in [-0.3, -0.25) is 4.79 Å². The summed E-state index contributed by atoms with van der Waals surface area (Å²) < 4.78 is 15.3. The second-order valence-corrected chi connectivity index (χ2v) is 5.96. The van der Waals surface area contributed by atoms with Crippen LogP contribution in [0.15, 0.2) is 30.5 Å². The van der Waals surface area contributed by atoms with Gasteiger partial charge in [0, 0.05) is 6.04 Å². The highest BCUT2D eigenvalue weighted by Gasteiger charge is 2.39. The van der Waals surface area contributed by atoms with Gasteiger partial charge in [-0.2, -0.15) is 5.10 Å². The van der Waals surface area contributed by atoms with Gasteiger partial charge < -0.3 is 10.0 Å². The molecule has 1 N–H and O–H groups in total. The van der Waals surface area contributed by atoms with Crippen LogP contribution in [-0.4, -0.2) is 43.7 Å². The van der Waals surface area contributed by atoms with Crippen molar-refractivity contribution in [2.75, 3.05) is 0 Å². The zero-order valence-corrected chi connectivity index (χ0v) is 13.4. The van der Waals surface area contributed by atoms with Crippen molar-refractivity contribution in [1.82, 2.24) is 14.7 Å². The number of aliphatic carboxylic acids is 1. The third-order valence-electron chi connectivity index (χ3n) is 4.27. The number of rotatable bonds is 5. The highest BCUT2D eigenvalue weighted by molar-refractivity contribution is 5.97. The lowest BCUT2D eigenvalue weighted by Gasteiger charge is -2.26. The Bertz CT molecular complexity index is 798. The average molecular weight is 331 g/mol. The molecule has 1 atom stereocenters. The molecule has 3 rings (SSSR count). The van der Waals surface area contributed by atoms with Crippen LogP contribution >= 0.6 is 0 Å². The Balaban J connectivity index is 1.97. The van der Waals surface area contributed by atoms with Crippen molar-refractivity contribution >= 4 is 11.9 Å². The summed E-state index contributed by atoms with van der Waals surface area (Å²) in [6.07, 6.45) is 2.96. The molecule has 1 unspecified atom stereocenters. The Morgan fingerprint density at radius 1 is 1.38 bits per heavy atom. The number of aromatic nitrogens is 2. The van der Waals surface area contributed by atoms with E-state index in [1.54, 1.807) is 25.1 Å². The number of halogens is 1. The molecule has 1 amide bonds. The van der Waals surface area contributed by atoms with E-state index >= 15 is 0 Å². The molecule has 0 spiro atoms. The lowest BCUT2D eigenvalue weighted by atomic mass is 10.1. The first-order valence-corrected chi connectivity index (χ1v) is 7.76. The quantitative estimate of drug-likeness (QED) is 0.913. The molecule has 0 bridgehead atoms. The first-order chi connectivity index (χ1) is 11.4. The summed E-state index contributed by atoms with van der Waals surface area (Å²) in [6.45, 7) is 3.17. The largest absolute Gasteiger partial charge is 0.480 e. The van der Waals surface area contributed by atoms with Crippen molar-refractivity contribution < 1.29 is 19.1 Å². The van der Waals surface area contributed by atoms with E-state index in [2.05, 4.69) is 5.10 Å². The molecule has 1 heterocycles. The van der Waals surface area contributed by atoms with Gasteiger partial charge in [0.15, 0.2) is 0 Å². The molecule has 2 aromatic rings. The van der Waals surface area contributed by atoms with E-state index in [1.807, 2.05) is 0 Å². The minimum absolute atomic E-state index is 0.0557. The first-order valence-electron chi connectivity index (χ1n) is 7.76. The van der Waals surface area contributed by atoms with E-state index in [9.17, 15) is 19.1 Å². The molecule has 0 radical (unpaired) electrons. The summed E-state index contributed by atoms with van der Waals surface area (Å²) in [7, 11) is 0. The van der Waals surface area contributed by atoms with E-state index < -0.39 is 17.8 Å². The number of carboxylic acids is 1. The number of carbonyl (C=O) groups excluding carboxylic acids is 1. The van der Waals surface area contributed by atoms with Crippen LogP contribution in [0.4, 0.5) is 4.39 Å². The van der Waals surface area contributed by atoms with Gasteiger partial charge in [-0.15, -0.1) is 0 Å². The minimum Gasteiger partial charge on any atom is -0.480 e. The predicted molar refractivity (Wildman–Crippen MR) is 84.5 cm³/mol. The molecule has 1 aliphatic rings. The van der Waals surface area contributed by atoms with Crippen molar-refractivity contribution in [1.29, 1.82) is 0 Å². The Morgan fingerprint density at radius 2 is 2.04 bits per heavy atom. The van der Waals surface area contributed by atoms with Gasteiger partial charge in [0.25, 0.3) is 5.91 Å². The SMILES string of the molecule is Cc1c(C(=O)N(C2CC2)C(C)C(=O)O)cnn1-c1ccccc1F. The van der Waals surface area contributed by atoms with Gasteiger partial charge >= 0.3 is 5.97 Å². The van der Waals surface area contributed by atoms with E-state index in [-0.39, 0.29) is 17.6 Å². The number of amides is 1. The van der Waals surface area contributed by atoms with Gasteiger partial charge in [0.2, 0.25) is 0 Å². The maximum absolute atomic E-state index is 14.0. The number of hydrogen-bond donors (Lipinski definition) is 1. The summed E-state index contributed by atoms with van der Waals surface area (Å²) in [5, 5.41) is 13.4. The van der Waals surface area contributed by atoms with Gasteiger partial charge in [0.05, 0.1) is 17.5 Å². The highest BCUT2D eigenvalue weighted by atomic mass is 19.1. The van der Waals surface area contributed by atoms with Gasteiger partial charge in [-0.25, -0.2) is 13.9 Å². The van der Waals surface area contributed by atoms with Crippen LogP contribution in [0.25, 0.3) is 5.69 Å². The van der Waals surface area contributed by atoms with Gasteiger partial charge in [-0.1, -0.05) is 12.1 Å². The topological polar surface area (TPSA) is 75.4 Å². The Morgan fingerprint density at radius 3 is 2.62 bits per heavy atom. The number of nitrogens with zero attached hydrogens (tertiary/aromatic N) is 3. The third-order valence-corrected chi connectivity index (χ3v) is 4.27. The van der Waals surface area contributed by atoms with E-state index in [4.69, 9.17) is 0 Å². The molecule has 7 heteroatoms. The maximum Gasteiger partial charge on any atom is 0.326 e. The zero-order valence-electron chi connectivity index (χ0n) is 13.4. The molecule has 1 fully saturated rings. The van der Waals surface area contributed by atoms with E-state index in [0.29, 0.717) is 11.3 Å². The lowest BCUT2D eigenvalue weighted by Crippen LogP contribution is -2.44. The number of hydrogen-bond acceptors (Lipinski definition) is 3. The number of carbonyl (C=O) groups is 2. The second-order valence-electron chi connectivity index (χ2n) is 5.96. The van der Waals surface area contributed by atoms with Crippen LogP contribution in [0, 0.1) is 12.7 Å². The summed E-state index contributed by atoms with van der Waals surface area (Å²) in [4.78, 5) is 25.5. The van der Waals surface area contributed by atoms with Gasteiger partial charge in [0.1, 0.15) is 17.5 Å². The van der Waals surface area contributed by atoms with Crippen LogP contribution < -0.4 is 0 Å². The third kappa shape index (κ3) is 2.77. The molecule has 126 valence electrons. The normalized spacial score (nSPS) is 15.1.